The van der Waals surface area contributed by atoms with Crippen LogP contribution in [0.15, 0.2) is 71.5 Å². The molecule has 10 fully saturated rings. The molecule has 7 aliphatic carbocycles. The zero-order chi connectivity index (χ0) is 94.3. The second-order valence-electron chi connectivity index (χ2n) is 39.7. The molecule has 5 heterocycles. The van der Waals surface area contributed by atoms with Crippen molar-refractivity contribution in [2.45, 2.75) is 230 Å². The third-order valence-corrected chi connectivity index (χ3v) is 30.7. The number of rotatable bonds is 40. The van der Waals surface area contributed by atoms with Crippen molar-refractivity contribution in [2.24, 2.45) is 78.1 Å². The molecular weight excluding hydrogens is 1700 g/mol. The number of alkyl halides is 1. The molecule has 3 aromatic carbocycles. The molecule has 36 heteroatoms. The highest BCUT2D eigenvalue weighted by molar-refractivity contribution is 6.03. The Bertz CT molecular complexity index is 5110. The number of aromatic nitrogens is 4. The second-order valence-corrected chi connectivity index (χ2v) is 39.7. The number of hydrogen-bond donors (Lipinski definition) is 10. The molecule has 0 spiro atoms. The molecule has 11 amide bonds. The van der Waals surface area contributed by atoms with Crippen molar-refractivity contribution in [1.82, 2.24) is 81.4 Å². The van der Waals surface area contributed by atoms with Gasteiger partial charge < -0.3 is 72.6 Å². The lowest BCUT2D eigenvalue weighted by atomic mass is 9.84. The third kappa shape index (κ3) is 22.0. The maximum atomic E-state index is 17.2. The lowest BCUT2D eigenvalue weighted by Gasteiger charge is -2.42. The lowest BCUT2D eigenvalue weighted by Crippen LogP contribution is -2.58. The Morgan fingerprint density at radius 3 is 1.39 bits per heavy atom. The second kappa shape index (κ2) is 40.5. The number of likely N-dealkylation sites (N-methyl/N-ethyl adjacent to an activating group) is 3. The minimum atomic E-state index is -2.14. The molecule has 21 atom stereocenters. The number of aryl methyl sites for hydroxylation is 2. The first-order valence-electron chi connectivity index (χ1n) is 47.7. The number of piperazine rings is 3. The van der Waals surface area contributed by atoms with Crippen LogP contribution < -0.4 is 47.9 Å². The molecule has 3 saturated heterocycles. The maximum Gasteiger partial charge on any atom is 0.276 e. The Kier molecular flexibility index (Phi) is 29.5. The average molecular weight is 1840 g/mol. The Balaban J connectivity index is 0.610. The van der Waals surface area contributed by atoms with Crippen molar-refractivity contribution < 1.29 is 80.0 Å². The van der Waals surface area contributed by atoms with E-state index in [9.17, 15) is 43.5 Å². The number of halogens is 4. The summed E-state index contributed by atoms with van der Waals surface area (Å²) in [6.45, 7) is 18.9. The summed E-state index contributed by atoms with van der Waals surface area (Å²) in [5.41, 5.74) is -1.23. The van der Waals surface area contributed by atoms with Crippen molar-refractivity contribution >= 4 is 82.0 Å². The van der Waals surface area contributed by atoms with Gasteiger partial charge in [0.1, 0.15) is 65.3 Å². The smallest absolute Gasteiger partial charge is 0.276 e. The van der Waals surface area contributed by atoms with Crippen LogP contribution in [0.3, 0.4) is 0 Å². The fourth-order valence-corrected chi connectivity index (χ4v) is 21.3. The Morgan fingerprint density at radius 1 is 0.515 bits per heavy atom. The van der Waals surface area contributed by atoms with Gasteiger partial charge in [-0.1, -0.05) is 64.9 Å². The average Bonchev–Trinajstić information content (AvgIpc) is 1.55. The number of carbonyl (C=O) groups excluding carboxylic acids is 11. The molecule has 0 radical (unpaired) electrons. The van der Waals surface area contributed by atoms with E-state index in [1.165, 1.54) is 54.2 Å². The van der Waals surface area contributed by atoms with Gasteiger partial charge in [-0.25, -0.2) is 22.2 Å². The number of aliphatic hydroxyl groups excluding tert-OH is 1. The van der Waals surface area contributed by atoms with Gasteiger partial charge in [-0.3, -0.25) is 67.2 Å². The molecule has 10 unspecified atom stereocenters. The summed E-state index contributed by atoms with van der Waals surface area (Å²) >= 11 is 0. The van der Waals surface area contributed by atoms with E-state index in [-0.39, 0.29) is 162 Å². The summed E-state index contributed by atoms with van der Waals surface area (Å²) in [6, 6.07) is 7.62. The van der Waals surface area contributed by atoms with Crippen molar-refractivity contribution in [1.29, 1.82) is 0 Å². The van der Waals surface area contributed by atoms with Gasteiger partial charge >= 0.3 is 0 Å². The van der Waals surface area contributed by atoms with Gasteiger partial charge in [0.15, 0.2) is 11.4 Å². The molecular formula is C96H131F4N19O13. The van der Waals surface area contributed by atoms with Crippen molar-refractivity contribution in [3.63, 3.8) is 0 Å². The molecule has 10 N–H and O–H groups in total. The van der Waals surface area contributed by atoms with Crippen LogP contribution in [-0.4, -0.2) is 266 Å². The Morgan fingerprint density at radius 2 is 0.962 bits per heavy atom. The number of aliphatic hydroxyl groups is 1. The Labute approximate surface area is 768 Å². The zero-order valence-corrected chi connectivity index (χ0v) is 77.7. The third-order valence-electron chi connectivity index (χ3n) is 30.7. The van der Waals surface area contributed by atoms with E-state index in [0.29, 0.717) is 94.7 Å². The van der Waals surface area contributed by atoms with Gasteiger partial charge in [-0.05, 0) is 247 Å². The number of nitrogens with zero attached hydrogens (tertiary/aromatic N) is 10. The van der Waals surface area contributed by atoms with Crippen LogP contribution >= 0.6 is 0 Å². The number of amides is 11. The first-order valence-corrected chi connectivity index (χ1v) is 47.7. The van der Waals surface area contributed by atoms with Crippen LogP contribution in [0.2, 0.25) is 0 Å². The van der Waals surface area contributed by atoms with E-state index in [2.05, 4.69) is 78.0 Å². The van der Waals surface area contributed by atoms with Crippen LogP contribution in [0.1, 0.15) is 206 Å². The SMILES string of the molecule is CCC(=O)N[C@@H](C(=O)N1CCN(C)[C@H](CC2CC2C(C2CC2)[C@H](NC(=O)C2(F)CC2)C(=O)Nc2ccc([C@H](C)[C@@H](NC(=O)CC)C(=O)N3CCN(C)[C@H](C)C3)cc2F)C1)[C@@H](C)c1ccc(NC(=O)[C@@H](NC(=O)c2nonc2C)C(C2CC2)C2CC2C2CC2C(C2CC2)[C@H](NC(=O)c2ccnn2C)C(=O)Nc2ccc([C@H](C)[C@@H](NC(=O)CC)C(O)N3CCN(C)CC3)cc2F)c(F)c1. The summed E-state index contributed by atoms with van der Waals surface area (Å²) in [4.78, 5) is 168. The summed E-state index contributed by atoms with van der Waals surface area (Å²) < 4.78 is 72.6. The van der Waals surface area contributed by atoms with E-state index in [4.69, 9.17) is 4.63 Å². The number of anilines is 3. The van der Waals surface area contributed by atoms with Crippen molar-refractivity contribution in [3.8, 4) is 0 Å². The van der Waals surface area contributed by atoms with Gasteiger partial charge in [0, 0.05) is 128 Å². The fourth-order valence-electron chi connectivity index (χ4n) is 21.3. The first kappa shape index (κ1) is 96.3. The summed E-state index contributed by atoms with van der Waals surface area (Å²) in [7, 11) is 7.56. The topological polar surface area (TPSA) is 392 Å². The number of carbonyl (C=O) groups is 11. The van der Waals surface area contributed by atoms with Gasteiger partial charge in [0.25, 0.3) is 17.7 Å². The molecule has 0 bridgehead atoms. The van der Waals surface area contributed by atoms with Crippen LogP contribution in [-0.2, 0) is 50.2 Å². The highest BCUT2D eigenvalue weighted by Gasteiger charge is 2.64. The molecule has 10 aliphatic rings. The van der Waals surface area contributed by atoms with Crippen LogP contribution in [0.4, 0.5) is 34.6 Å². The van der Waals surface area contributed by atoms with E-state index in [1.54, 1.807) is 75.7 Å². The highest BCUT2D eigenvalue weighted by atomic mass is 19.1. The van der Waals surface area contributed by atoms with Gasteiger partial charge in [-0.2, -0.15) is 5.10 Å². The minimum absolute atomic E-state index is 0.00217. The summed E-state index contributed by atoms with van der Waals surface area (Å²) in [5, 5.41) is 49.6. The molecule has 132 heavy (non-hydrogen) atoms. The van der Waals surface area contributed by atoms with Crippen molar-refractivity contribution in [2.75, 3.05) is 103 Å². The van der Waals surface area contributed by atoms with Gasteiger partial charge in [0.05, 0.1) is 23.1 Å². The van der Waals surface area contributed by atoms with Crippen LogP contribution in [0.5, 0.6) is 0 Å². The van der Waals surface area contributed by atoms with Crippen LogP contribution in [0, 0.1) is 95.4 Å². The summed E-state index contributed by atoms with van der Waals surface area (Å²) in [6.07, 6.45) is 7.83. The molecule has 5 aromatic rings. The van der Waals surface area contributed by atoms with Crippen LogP contribution in [0.25, 0.3) is 0 Å². The fraction of sp³-hybridized carbons (Fsp3) is 0.646. The molecule has 3 aliphatic heterocycles. The molecule has 32 nitrogen and oxygen atoms in total. The Hall–Kier alpha value is -10.3. The van der Waals surface area contributed by atoms with Gasteiger partial charge in [0.2, 0.25) is 47.3 Å². The summed E-state index contributed by atoms with van der Waals surface area (Å²) in [5.74, 6) is -12.1. The zero-order valence-electron chi connectivity index (χ0n) is 77.7. The molecule has 716 valence electrons. The van der Waals surface area contributed by atoms with E-state index < -0.39 is 148 Å². The quantitative estimate of drug-likeness (QED) is 0.0169. The van der Waals surface area contributed by atoms with E-state index in [0.717, 1.165) is 38.5 Å². The lowest BCUT2D eigenvalue weighted by molar-refractivity contribution is -0.139. The standard InChI is InChI=1S/C96H131F4N19O13/c1-13-74(120)105-80(92(128)117-36-32-113(9)33-37-117)50(5)57-22-25-70(67(97)42-57)102-89(125)84(108-87(123)73-28-31-101-116(73)12)78(55-18-19-55)65-45-63(65)64-46-66(64)79(56-20-21-56)85(109-88(124)83-53(8)111-132-112-83)90(126)103-71-26-23-59(44-68(71)98)52(7)82(107-76(122)15-3)94(130)119-39-35-115(11)61(48-119)40-60-41-62(60)77(54-16-17-54)86(110-95(131)96(100)29-30-96)91(127)104-72-27-24-58(43-69(72)99)51(6)81(106-75(121)14-2)93(129)118-38-34-114(10)49(4)47-118/h22-28,31,42-44,49-52,54-56,60-66,77-82,84-86,92,128H,13-21,29-30,32-41,45-48H2,1-12H3,(H,102,125)(H,103,126)(H,104,127)(H,105,120)(H,106,121)(H,107,122)(H,108,123)(H,109,124)(H,110,131)/t49-,50+,51+,52+,60?,61-,62?,63?,64?,65?,66?,77?,78?,79?,80-,81-,82-,84+,85+,86+,92?/m1/s1. The minimum Gasteiger partial charge on any atom is -0.376 e. The number of hydrogen-bond acceptors (Lipinski definition) is 20. The normalized spacial score (nSPS) is 25.5. The first-order chi connectivity index (χ1) is 63.0. The van der Waals surface area contributed by atoms with E-state index >= 15 is 31.9 Å². The highest BCUT2D eigenvalue weighted by Crippen LogP contribution is 2.67. The number of benzene rings is 3. The molecule has 2 aromatic heterocycles. The maximum absolute atomic E-state index is 17.2. The predicted octanol–water partition coefficient (Wildman–Crippen LogP) is 7.57. The monoisotopic (exact) mass is 1830 g/mol. The van der Waals surface area contributed by atoms with Crippen molar-refractivity contribution in [3.05, 3.63) is 118 Å². The predicted molar refractivity (Wildman–Crippen MR) is 482 cm³/mol. The largest absolute Gasteiger partial charge is 0.376 e. The van der Waals surface area contributed by atoms with Gasteiger partial charge in [-0.15, -0.1) is 0 Å². The van der Waals surface area contributed by atoms with E-state index in [1.807, 2.05) is 39.9 Å². The molecule has 7 saturated carbocycles. The molecule has 15 rings (SSSR count). The number of nitrogens with one attached hydrogen (secondary N) is 9.